The molecule has 0 spiro atoms. The molecule has 0 fully saturated rings. The summed E-state index contributed by atoms with van der Waals surface area (Å²) in [4.78, 5) is 149. The van der Waals surface area contributed by atoms with Crippen LogP contribution in [0.15, 0.2) is 200 Å². The van der Waals surface area contributed by atoms with Crippen LogP contribution >= 0.6 is 0 Å². The van der Waals surface area contributed by atoms with Gasteiger partial charge in [-0.3, -0.25) is 28.5 Å². The molecule has 0 aliphatic heterocycles. The van der Waals surface area contributed by atoms with Crippen LogP contribution in [0, 0.1) is 6.92 Å². The standard InChI is InChI=1S/C21H16N2O4.C17H16N2O4.C17H16N2O3.C16H14N2O6.C16H14N2O5/c1-2-12-10-15(21(25)26)19(24)23-18(12)14-8-9-16-17(11-14)27-20(22-16)13-6-4-3-5-7-13;1-3-9-14(18-16(21)13(15(9)20)17(22)23)11-8-19(2)12-7-5-4-6-10(11)12;1-3-10-8-12(17(21)22)16(20)18-15(10)13-9-19(2)14-7-5-4-6-11(13)14;1-3-8-12(17-14(20)11(13(8)19)15(21)22)7-4-5-9-10(6-7)24-16(23)18(9)2;1-3-9-13(18-15(20)12(14(9)19)16(21)22)8-4-5-10-11(6-8)23-7(2)17-10/h3-11H,2H2,1H3,(H,23,24)(H,25,26);4-8H,3H2,1-2H3,(H,22,23)(H2,18,20,21);4-9H,3H2,1-2H3,(H,18,20)(H,21,22);4-6H,3H2,1-2H3,(H,21,22)(H2,17,19,20);4-6H,3H2,1-2H3,(H,21,22)(H2,18,19,20). The number of carbonyl (C=O) groups is 5. The van der Waals surface area contributed by atoms with Gasteiger partial charge in [-0.25, -0.2) is 38.7 Å². The van der Waals surface area contributed by atoms with Crippen molar-refractivity contribution >= 4 is 85.0 Å². The van der Waals surface area contributed by atoms with Crippen molar-refractivity contribution in [2.45, 2.75) is 73.6 Å². The van der Waals surface area contributed by atoms with E-state index < -0.39 is 97.3 Å². The van der Waals surface area contributed by atoms with Gasteiger partial charge in [0.1, 0.15) is 39.4 Å². The number of benzene rings is 6. The van der Waals surface area contributed by atoms with Crippen molar-refractivity contribution in [2.24, 2.45) is 21.1 Å². The Morgan fingerprint density at radius 2 is 0.765 bits per heavy atom. The number of aromatic carboxylic acids is 5. The zero-order valence-corrected chi connectivity index (χ0v) is 65.1. The van der Waals surface area contributed by atoms with Crippen LogP contribution in [0.25, 0.3) is 123 Å². The molecule has 0 aliphatic carbocycles. The number of fused-ring (bicyclic) bond motifs is 5. The summed E-state index contributed by atoms with van der Waals surface area (Å²) in [6.45, 7) is 10.9. The Bertz CT molecular complexity index is 7160. The summed E-state index contributed by atoms with van der Waals surface area (Å²) in [5.74, 6) is -7.86. The zero-order chi connectivity index (χ0) is 85.9. The van der Waals surface area contributed by atoms with Crippen LogP contribution in [0.1, 0.15) is 120 Å². The third-order valence-corrected chi connectivity index (χ3v) is 19.9. The van der Waals surface area contributed by atoms with Gasteiger partial charge < -0.3 is 88.2 Å². The lowest BCUT2D eigenvalue weighted by Crippen LogP contribution is -2.20. The van der Waals surface area contributed by atoms with Crippen LogP contribution in [0.4, 0.5) is 0 Å². The molecule has 16 aromatic rings. The summed E-state index contributed by atoms with van der Waals surface area (Å²) in [5, 5.41) is 78.0. The number of nitrogens with zero attached hydrogens (tertiary/aromatic N) is 5. The predicted octanol–water partition coefficient (Wildman–Crippen LogP) is 13.3. The summed E-state index contributed by atoms with van der Waals surface area (Å²) in [6.07, 6.45) is 6.07. The normalized spacial score (nSPS) is 11.0. The maximum atomic E-state index is 12.1. The van der Waals surface area contributed by atoms with Gasteiger partial charge >= 0.3 is 35.6 Å². The molecule has 6 aromatic carbocycles. The maximum absolute atomic E-state index is 12.1. The number of oxazole rings is 3. The fourth-order valence-electron chi connectivity index (χ4n) is 14.1. The van der Waals surface area contributed by atoms with Crippen molar-refractivity contribution in [3.05, 3.63) is 282 Å². The number of para-hydroxylation sites is 2. The molecule has 13 N–H and O–H groups in total. The number of aromatic hydroxyl groups is 3. The lowest BCUT2D eigenvalue weighted by molar-refractivity contribution is 0.0680. The Balaban J connectivity index is 0.000000137. The van der Waals surface area contributed by atoms with E-state index in [0.717, 1.165) is 55.2 Å². The Morgan fingerprint density at radius 3 is 1.23 bits per heavy atom. The van der Waals surface area contributed by atoms with Gasteiger partial charge in [0.15, 0.2) is 39.3 Å². The molecule has 0 bridgehead atoms. The summed E-state index contributed by atoms with van der Waals surface area (Å²) >= 11 is 0. The van der Waals surface area contributed by atoms with Crippen LogP contribution < -0.4 is 33.6 Å². The number of aromatic nitrogens is 10. The predicted molar refractivity (Wildman–Crippen MR) is 442 cm³/mol. The van der Waals surface area contributed by atoms with Crippen LogP contribution in [-0.4, -0.2) is 119 Å². The molecule has 0 radical (unpaired) electrons. The number of H-pyrrole nitrogens is 5. The van der Waals surface area contributed by atoms with Gasteiger partial charge in [0.25, 0.3) is 27.8 Å². The first-order valence-electron chi connectivity index (χ1n) is 37.0. The van der Waals surface area contributed by atoms with Crippen LogP contribution in [0.2, 0.25) is 0 Å². The molecule has 10 heterocycles. The minimum absolute atomic E-state index is 0.221. The first kappa shape index (κ1) is 82.6. The van der Waals surface area contributed by atoms with Crippen molar-refractivity contribution < 1.29 is 78.1 Å². The van der Waals surface area contributed by atoms with Gasteiger partial charge in [0.2, 0.25) is 5.89 Å². The molecule has 119 heavy (non-hydrogen) atoms. The average Bonchev–Trinajstić information content (AvgIpc) is 1.69. The highest BCUT2D eigenvalue weighted by molar-refractivity contribution is 6.00. The summed E-state index contributed by atoms with van der Waals surface area (Å²) in [6, 6.07) is 43.6. The molecule has 10 aromatic heterocycles. The van der Waals surface area contributed by atoms with Crippen LogP contribution in [0.3, 0.4) is 0 Å². The smallest absolute Gasteiger partial charge is 0.419 e. The van der Waals surface area contributed by atoms with E-state index in [1.54, 1.807) is 77.2 Å². The second kappa shape index (κ2) is 34.0. The third kappa shape index (κ3) is 16.2. The highest BCUT2D eigenvalue weighted by Gasteiger charge is 2.28. The number of hydrogen-bond donors (Lipinski definition) is 13. The van der Waals surface area contributed by atoms with E-state index in [9.17, 15) is 68.1 Å². The van der Waals surface area contributed by atoms with Gasteiger partial charge in [0, 0.05) is 112 Å². The van der Waals surface area contributed by atoms with Crippen molar-refractivity contribution in [3.8, 4) is 85.0 Å². The Hall–Kier alpha value is -15.9. The van der Waals surface area contributed by atoms with Crippen LogP contribution in [0.5, 0.6) is 17.2 Å². The van der Waals surface area contributed by atoms with Gasteiger partial charge in [-0.15, -0.1) is 0 Å². The van der Waals surface area contributed by atoms with Crippen molar-refractivity contribution in [1.82, 2.24) is 48.6 Å². The second-order valence-electron chi connectivity index (χ2n) is 27.1. The molecule has 0 saturated heterocycles. The number of carboxylic acids is 5. The maximum Gasteiger partial charge on any atom is 0.419 e. The van der Waals surface area contributed by atoms with Gasteiger partial charge in [-0.05, 0) is 116 Å². The average molecular weight is 1610 g/mol. The monoisotopic (exact) mass is 1610 g/mol. The van der Waals surface area contributed by atoms with Crippen LogP contribution in [-0.2, 0) is 53.2 Å². The number of hydrogen-bond acceptors (Lipinski definition) is 19. The first-order chi connectivity index (χ1) is 56.8. The third-order valence-electron chi connectivity index (χ3n) is 19.9. The lowest BCUT2D eigenvalue weighted by atomic mass is 10.00. The SMILES string of the molecule is CCc1c(-c2ccc3c(c2)oc(=O)n3C)[nH]c(=O)c(C(=O)O)c1O.CCc1c(-c2ccc3nc(C)oc3c2)[nH]c(=O)c(C(=O)O)c1O.CCc1c(-c2cn(C)c3ccccc23)[nH]c(=O)c(C(=O)O)c1O.CCc1cc(C(=O)O)c(=O)[nH]c1-c1ccc2nc(-c3ccccc3)oc2c1.CCc1cc(C(=O)O)c(=O)[nH]c1-c1cn(C)c2ccccc12. The van der Waals surface area contributed by atoms with Gasteiger partial charge in [-0.1, -0.05) is 107 Å². The molecular formula is C87H76N10O22. The van der Waals surface area contributed by atoms with Gasteiger partial charge in [0.05, 0.1) is 34.0 Å². The number of nitrogens with one attached hydrogen (secondary N) is 5. The van der Waals surface area contributed by atoms with Crippen molar-refractivity contribution in [3.63, 3.8) is 0 Å². The quantitative estimate of drug-likeness (QED) is 0.0427. The van der Waals surface area contributed by atoms with E-state index in [1.807, 2.05) is 140 Å². The molecule has 606 valence electrons. The number of aromatic amines is 5. The topological polar surface area (TPSA) is 509 Å². The molecule has 32 heteroatoms. The molecule has 0 unspecified atom stereocenters. The van der Waals surface area contributed by atoms with E-state index in [1.165, 1.54) is 16.7 Å². The largest absolute Gasteiger partial charge is 0.506 e. The molecule has 0 atom stereocenters. The van der Waals surface area contributed by atoms with Gasteiger partial charge in [-0.2, -0.15) is 0 Å². The minimum atomic E-state index is -1.50. The molecule has 32 nitrogen and oxygen atoms in total. The second-order valence-corrected chi connectivity index (χ2v) is 27.1. The van der Waals surface area contributed by atoms with E-state index in [-0.39, 0.29) is 11.1 Å². The van der Waals surface area contributed by atoms with Crippen molar-refractivity contribution in [2.75, 3.05) is 0 Å². The number of carboxylic acid groups (broad SMARTS) is 5. The first-order valence-corrected chi connectivity index (χ1v) is 37.0. The summed E-state index contributed by atoms with van der Waals surface area (Å²) in [7, 11) is 5.41. The van der Waals surface area contributed by atoms with E-state index in [2.05, 4.69) is 34.9 Å². The molecule has 0 aliphatic rings. The Morgan fingerprint density at radius 1 is 0.378 bits per heavy atom. The Labute approximate surface area is 670 Å². The number of aryl methyl sites for hydroxylation is 6. The summed E-state index contributed by atoms with van der Waals surface area (Å²) in [5.41, 5.74) is 8.66. The fraction of sp³-hybridized carbons (Fsp3) is 0.161. The highest BCUT2D eigenvalue weighted by Crippen LogP contribution is 2.38. The minimum Gasteiger partial charge on any atom is -0.506 e. The molecular weight excluding hydrogens is 1540 g/mol. The molecule has 16 rings (SSSR count). The lowest BCUT2D eigenvalue weighted by Gasteiger charge is -2.12. The Kier molecular flexibility index (Phi) is 23.6. The van der Waals surface area contributed by atoms with E-state index in [4.69, 9.17) is 38.8 Å². The summed E-state index contributed by atoms with van der Waals surface area (Å²) < 4.78 is 21.7. The zero-order valence-electron chi connectivity index (χ0n) is 65.1. The number of pyridine rings is 5. The highest BCUT2D eigenvalue weighted by atomic mass is 16.4. The number of rotatable bonds is 16. The molecule has 0 amide bonds. The van der Waals surface area contributed by atoms with E-state index in [0.29, 0.717) is 133 Å². The van der Waals surface area contributed by atoms with Crippen molar-refractivity contribution in [1.29, 1.82) is 0 Å². The molecule has 0 saturated carbocycles. The fourth-order valence-corrected chi connectivity index (χ4v) is 14.1. The van der Waals surface area contributed by atoms with E-state index >= 15 is 0 Å².